The number of thioether (sulfide) groups is 1. The van der Waals surface area contributed by atoms with Gasteiger partial charge in [0.25, 0.3) is 0 Å². The summed E-state index contributed by atoms with van der Waals surface area (Å²) in [6.45, 7) is 5.58. The first-order valence-electron chi connectivity index (χ1n) is 9.93. The summed E-state index contributed by atoms with van der Waals surface area (Å²) in [5.41, 5.74) is 2.47. The van der Waals surface area contributed by atoms with Crippen LogP contribution in [0.25, 0.3) is 0 Å². The van der Waals surface area contributed by atoms with Crippen LogP contribution in [0.15, 0.2) is 53.4 Å². The molecule has 0 radical (unpaired) electrons. The second-order valence-electron chi connectivity index (χ2n) is 7.92. The number of amides is 3. The first kappa shape index (κ1) is 21.2. The minimum Gasteiger partial charge on any atom is -0.351 e. The van der Waals surface area contributed by atoms with E-state index < -0.39 is 5.41 Å². The molecule has 6 heteroatoms. The molecule has 0 bridgehead atoms. The molecule has 0 saturated carbocycles. The summed E-state index contributed by atoms with van der Waals surface area (Å²) >= 11 is 1.64. The Kier molecular flexibility index (Phi) is 6.85. The van der Waals surface area contributed by atoms with E-state index in [1.807, 2.05) is 68.6 Å². The molecule has 2 N–H and O–H groups in total. The highest BCUT2D eigenvalue weighted by Gasteiger charge is 2.39. The molecule has 1 aliphatic rings. The van der Waals surface area contributed by atoms with Gasteiger partial charge in [-0.2, -0.15) is 0 Å². The van der Waals surface area contributed by atoms with Crippen LogP contribution < -0.4 is 10.6 Å². The van der Waals surface area contributed by atoms with Crippen molar-refractivity contribution in [1.29, 1.82) is 0 Å². The van der Waals surface area contributed by atoms with Crippen molar-refractivity contribution in [1.82, 2.24) is 10.2 Å². The standard InChI is InChI=1S/C23H29N3O2S/c1-17-8-10-18(11-9-17)15-24-21(27)23(2)12-5-13-26(16-23)22(28)25-19-6-4-7-20(14-19)29-3/h4,6-11,14H,5,12-13,15-16H2,1-3H3,(H,24,27)(H,25,28)/t23-/m0/s1. The van der Waals surface area contributed by atoms with Crippen LogP contribution in [0.5, 0.6) is 0 Å². The van der Waals surface area contributed by atoms with Crippen molar-refractivity contribution in [2.45, 2.75) is 38.1 Å². The summed E-state index contributed by atoms with van der Waals surface area (Å²) in [6, 6.07) is 15.8. The van der Waals surface area contributed by atoms with E-state index in [1.54, 1.807) is 16.7 Å². The molecule has 154 valence electrons. The number of rotatable bonds is 5. The van der Waals surface area contributed by atoms with Gasteiger partial charge in [0.2, 0.25) is 5.91 Å². The van der Waals surface area contributed by atoms with Crippen LogP contribution >= 0.6 is 11.8 Å². The van der Waals surface area contributed by atoms with Crippen LogP contribution in [0.2, 0.25) is 0 Å². The molecule has 5 nitrogen and oxygen atoms in total. The molecule has 1 fully saturated rings. The summed E-state index contributed by atoms with van der Waals surface area (Å²) in [7, 11) is 0. The second-order valence-corrected chi connectivity index (χ2v) is 8.80. The number of nitrogens with zero attached hydrogens (tertiary/aromatic N) is 1. The lowest BCUT2D eigenvalue weighted by Gasteiger charge is -2.39. The zero-order valence-corrected chi connectivity index (χ0v) is 18.1. The zero-order chi connectivity index (χ0) is 20.9. The Morgan fingerprint density at radius 3 is 2.66 bits per heavy atom. The number of carbonyl (C=O) groups is 2. The lowest BCUT2D eigenvalue weighted by molar-refractivity contribution is -0.132. The maximum Gasteiger partial charge on any atom is 0.321 e. The number of carbonyl (C=O) groups excluding carboxylic acids is 2. The molecule has 2 aromatic rings. The van der Waals surface area contributed by atoms with Gasteiger partial charge in [0.05, 0.1) is 5.41 Å². The van der Waals surface area contributed by atoms with Crippen LogP contribution in [0.1, 0.15) is 30.9 Å². The highest BCUT2D eigenvalue weighted by molar-refractivity contribution is 7.98. The Morgan fingerprint density at radius 2 is 1.93 bits per heavy atom. The largest absolute Gasteiger partial charge is 0.351 e. The summed E-state index contributed by atoms with van der Waals surface area (Å²) < 4.78 is 0. The zero-order valence-electron chi connectivity index (χ0n) is 17.3. The van der Waals surface area contributed by atoms with Crippen molar-refractivity contribution in [3.8, 4) is 0 Å². The SMILES string of the molecule is CSc1cccc(NC(=O)N2CCC[C@](C)(C(=O)NCc3ccc(C)cc3)C2)c1. The van der Waals surface area contributed by atoms with E-state index in [2.05, 4.69) is 10.6 Å². The van der Waals surface area contributed by atoms with Gasteiger partial charge in [-0.15, -0.1) is 11.8 Å². The van der Waals surface area contributed by atoms with Gasteiger partial charge in [0.15, 0.2) is 0 Å². The number of piperidine rings is 1. The van der Waals surface area contributed by atoms with Crippen molar-refractivity contribution in [3.05, 3.63) is 59.7 Å². The van der Waals surface area contributed by atoms with Gasteiger partial charge in [-0.25, -0.2) is 4.79 Å². The number of benzene rings is 2. The molecular formula is C23H29N3O2S. The summed E-state index contributed by atoms with van der Waals surface area (Å²) in [4.78, 5) is 28.5. The van der Waals surface area contributed by atoms with Gasteiger partial charge in [-0.05, 0) is 56.7 Å². The summed E-state index contributed by atoms with van der Waals surface area (Å²) in [5, 5.41) is 6.02. The Balaban J connectivity index is 1.59. The molecule has 1 aliphatic heterocycles. The number of nitrogens with one attached hydrogen (secondary N) is 2. The van der Waals surface area contributed by atoms with E-state index in [0.717, 1.165) is 29.0 Å². The average molecular weight is 412 g/mol. The highest BCUT2D eigenvalue weighted by Crippen LogP contribution is 2.30. The third-order valence-corrected chi connectivity index (χ3v) is 6.15. The number of hydrogen-bond acceptors (Lipinski definition) is 3. The number of likely N-dealkylation sites (tertiary alicyclic amines) is 1. The van der Waals surface area contributed by atoms with E-state index >= 15 is 0 Å². The van der Waals surface area contributed by atoms with Gasteiger partial charge in [-0.1, -0.05) is 35.9 Å². The minimum atomic E-state index is -0.582. The highest BCUT2D eigenvalue weighted by atomic mass is 32.2. The monoisotopic (exact) mass is 411 g/mol. The van der Waals surface area contributed by atoms with E-state index in [9.17, 15) is 9.59 Å². The summed E-state index contributed by atoms with van der Waals surface area (Å²) in [5.74, 6) is -0.0000413. The average Bonchev–Trinajstić information content (AvgIpc) is 2.73. The molecule has 2 aromatic carbocycles. The maximum absolute atomic E-state index is 12.9. The van der Waals surface area contributed by atoms with Crippen molar-refractivity contribution in [3.63, 3.8) is 0 Å². The van der Waals surface area contributed by atoms with Gasteiger partial charge in [0.1, 0.15) is 0 Å². The van der Waals surface area contributed by atoms with Crippen molar-refractivity contribution in [2.24, 2.45) is 5.41 Å². The van der Waals surface area contributed by atoms with Gasteiger partial charge < -0.3 is 15.5 Å². The van der Waals surface area contributed by atoms with Gasteiger partial charge in [-0.3, -0.25) is 4.79 Å². The Hall–Kier alpha value is -2.47. The molecule has 1 heterocycles. The van der Waals surface area contributed by atoms with Crippen LogP contribution in [0, 0.1) is 12.3 Å². The van der Waals surface area contributed by atoms with Crippen molar-refractivity contribution < 1.29 is 9.59 Å². The Labute approximate surface area is 177 Å². The number of aryl methyl sites for hydroxylation is 1. The quantitative estimate of drug-likeness (QED) is 0.703. The fraction of sp³-hybridized carbons (Fsp3) is 0.391. The minimum absolute atomic E-state index is 0.0000413. The topological polar surface area (TPSA) is 61.4 Å². The first-order valence-corrected chi connectivity index (χ1v) is 11.2. The van der Waals surface area contributed by atoms with E-state index in [4.69, 9.17) is 0 Å². The smallest absolute Gasteiger partial charge is 0.321 e. The van der Waals surface area contributed by atoms with Crippen LogP contribution in [0.4, 0.5) is 10.5 Å². The number of urea groups is 1. The molecule has 0 aliphatic carbocycles. The predicted molar refractivity (Wildman–Crippen MR) is 119 cm³/mol. The maximum atomic E-state index is 12.9. The van der Waals surface area contributed by atoms with E-state index in [-0.39, 0.29) is 11.9 Å². The van der Waals surface area contributed by atoms with E-state index in [1.165, 1.54) is 5.56 Å². The molecule has 0 unspecified atom stereocenters. The second kappa shape index (κ2) is 9.35. The fourth-order valence-corrected chi connectivity index (χ4v) is 4.06. The van der Waals surface area contributed by atoms with Gasteiger partial charge in [0, 0.05) is 30.2 Å². The number of anilines is 1. The van der Waals surface area contributed by atoms with Gasteiger partial charge >= 0.3 is 6.03 Å². The first-order chi connectivity index (χ1) is 13.9. The van der Waals surface area contributed by atoms with E-state index in [0.29, 0.717) is 19.6 Å². The third-order valence-electron chi connectivity index (χ3n) is 5.43. The molecular weight excluding hydrogens is 382 g/mol. The fourth-order valence-electron chi connectivity index (χ4n) is 3.60. The molecule has 0 spiro atoms. The lowest BCUT2D eigenvalue weighted by Crippen LogP contribution is -2.52. The molecule has 0 aromatic heterocycles. The molecule has 29 heavy (non-hydrogen) atoms. The normalized spacial score (nSPS) is 18.9. The van der Waals surface area contributed by atoms with Crippen LogP contribution in [0.3, 0.4) is 0 Å². The molecule has 3 amide bonds. The Bertz CT molecular complexity index is 869. The predicted octanol–water partition coefficient (Wildman–Crippen LogP) is 4.67. The lowest BCUT2D eigenvalue weighted by atomic mass is 9.81. The molecule has 1 saturated heterocycles. The number of hydrogen-bond donors (Lipinski definition) is 2. The molecule has 3 rings (SSSR count). The van der Waals surface area contributed by atoms with Crippen molar-refractivity contribution in [2.75, 3.05) is 24.7 Å². The van der Waals surface area contributed by atoms with Crippen LogP contribution in [-0.2, 0) is 11.3 Å². The third kappa shape index (κ3) is 5.54. The summed E-state index contributed by atoms with van der Waals surface area (Å²) in [6.07, 6.45) is 3.59. The Morgan fingerprint density at radius 1 is 1.17 bits per heavy atom. The van der Waals surface area contributed by atoms with Crippen molar-refractivity contribution >= 4 is 29.4 Å². The molecule has 1 atom stereocenters. The van der Waals surface area contributed by atoms with Crippen LogP contribution in [-0.4, -0.2) is 36.2 Å².